The lowest BCUT2D eigenvalue weighted by Gasteiger charge is -2.16. The fourth-order valence-corrected chi connectivity index (χ4v) is 2.20. The van der Waals surface area contributed by atoms with Gasteiger partial charge in [-0.15, -0.1) is 10.2 Å². The third-order valence-corrected chi connectivity index (χ3v) is 2.76. The molecular weight excluding hydrogens is 197 g/mol. The van der Waals surface area contributed by atoms with Crippen LogP contribution < -0.4 is 5.32 Å². The quantitative estimate of drug-likeness (QED) is 0.682. The van der Waals surface area contributed by atoms with E-state index < -0.39 is 12.0 Å². The standard InChI is InChI=1S/C7H7F3N4/c8-7(9,10)6-13-12-5-4-1-3(2-11-4)14(5)6/h3-4,11H,1-2H2/t3-,4-/m0/s1. The Morgan fingerprint density at radius 3 is 2.86 bits per heavy atom. The van der Waals surface area contributed by atoms with Crippen LogP contribution in [0.5, 0.6) is 0 Å². The highest BCUT2D eigenvalue weighted by Gasteiger charge is 2.47. The number of alkyl halides is 3. The van der Waals surface area contributed by atoms with Crippen molar-refractivity contribution in [3.8, 4) is 0 Å². The van der Waals surface area contributed by atoms with Gasteiger partial charge in [0.15, 0.2) is 5.82 Å². The van der Waals surface area contributed by atoms with Crippen LogP contribution in [0.3, 0.4) is 0 Å². The van der Waals surface area contributed by atoms with Gasteiger partial charge in [-0.25, -0.2) is 0 Å². The van der Waals surface area contributed by atoms with Crippen molar-refractivity contribution in [1.29, 1.82) is 0 Å². The minimum atomic E-state index is -4.39. The molecule has 0 spiro atoms. The topological polar surface area (TPSA) is 42.7 Å². The van der Waals surface area contributed by atoms with Gasteiger partial charge in [-0.3, -0.25) is 0 Å². The highest BCUT2D eigenvalue weighted by molar-refractivity contribution is 5.15. The van der Waals surface area contributed by atoms with Crippen LogP contribution in [0.4, 0.5) is 13.2 Å². The summed E-state index contributed by atoms with van der Waals surface area (Å²) in [5, 5.41) is 9.86. The van der Waals surface area contributed by atoms with Gasteiger partial charge in [0.05, 0.1) is 12.1 Å². The van der Waals surface area contributed by atoms with Crippen molar-refractivity contribution >= 4 is 0 Å². The molecule has 4 nitrogen and oxygen atoms in total. The molecule has 0 aromatic carbocycles. The van der Waals surface area contributed by atoms with Crippen LogP contribution in [0.1, 0.15) is 30.2 Å². The summed E-state index contributed by atoms with van der Waals surface area (Å²) in [5.41, 5.74) is 0. The molecule has 3 rings (SSSR count). The van der Waals surface area contributed by atoms with Crippen molar-refractivity contribution in [2.75, 3.05) is 6.54 Å². The average Bonchev–Trinajstić information content (AvgIpc) is 2.74. The summed E-state index contributed by atoms with van der Waals surface area (Å²) in [5.74, 6) is -0.435. The van der Waals surface area contributed by atoms with Crippen molar-refractivity contribution < 1.29 is 13.2 Å². The van der Waals surface area contributed by atoms with E-state index in [2.05, 4.69) is 15.5 Å². The summed E-state index contributed by atoms with van der Waals surface area (Å²) in [6.07, 6.45) is -3.69. The molecule has 76 valence electrons. The Kier molecular flexibility index (Phi) is 1.34. The molecule has 1 saturated heterocycles. The van der Waals surface area contributed by atoms with Crippen LogP contribution in [0, 0.1) is 0 Å². The summed E-state index contributed by atoms with van der Waals surface area (Å²) in [7, 11) is 0. The molecule has 0 amide bonds. The van der Waals surface area contributed by atoms with Crippen molar-refractivity contribution in [3.63, 3.8) is 0 Å². The largest absolute Gasteiger partial charge is 0.451 e. The Morgan fingerprint density at radius 2 is 2.14 bits per heavy atom. The van der Waals surface area contributed by atoms with Gasteiger partial charge in [-0.05, 0) is 6.42 Å². The lowest BCUT2D eigenvalue weighted by molar-refractivity contribution is -0.148. The Bertz CT molecular complexity index is 383. The molecule has 2 aliphatic rings. The van der Waals surface area contributed by atoms with Crippen LogP contribution in [0.2, 0.25) is 0 Å². The molecule has 1 aromatic rings. The van der Waals surface area contributed by atoms with E-state index in [9.17, 15) is 13.2 Å². The van der Waals surface area contributed by atoms with E-state index in [-0.39, 0.29) is 12.1 Å². The zero-order valence-corrected chi connectivity index (χ0v) is 7.04. The maximum absolute atomic E-state index is 12.5. The van der Waals surface area contributed by atoms with E-state index >= 15 is 0 Å². The van der Waals surface area contributed by atoms with Crippen molar-refractivity contribution in [2.45, 2.75) is 24.7 Å². The smallest absolute Gasteiger partial charge is 0.305 e. The summed E-state index contributed by atoms with van der Waals surface area (Å²) in [6, 6.07) is -0.162. The first kappa shape index (κ1) is 8.22. The van der Waals surface area contributed by atoms with E-state index in [0.29, 0.717) is 18.8 Å². The van der Waals surface area contributed by atoms with Gasteiger partial charge >= 0.3 is 6.18 Å². The maximum Gasteiger partial charge on any atom is 0.451 e. The summed E-state index contributed by atoms with van der Waals surface area (Å²) >= 11 is 0. The van der Waals surface area contributed by atoms with Crippen LogP contribution in [-0.4, -0.2) is 21.3 Å². The van der Waals surface area contributed by atoms with Gasteiger partial charge in [0, 0.05) is 6.54 Å². The molecule has 14 heavy (non-hydrogen) atoms. The monoisotopic (exact) mass is 204 g/mol. The highest BCUT2D eigenvalue weighted by Crippen LogP contribution is 2.42. The molecule has 0 unspecified atom stereocenters. The first-order valence-electron chi connectivity index (χ1n) is 4.33. The first-order valence-corrected chi connectivity index (χ1v) is 4.33. The Hall–Kier alpha value is -1.11. The SMILES string of the molecule is FC(F)(F)c1nnc2n1[C@@H]1CN[C@H]2C1. The molecule has 7 heteroatoms. The molecule has 0 saturated carbocycles. The molecule has 2 aliphatic heterocycles. The number of fused-ring (bicyclic) bond motifs is 5. The zero-order valence-electron chi connectivity index (χ0n) is 7.04. The molecule has 1 fully saturated rings. The van der Waals surface area contributed by atoms with E-state index in [4.69, 9.17) is 0 Å². The second-order valence-electron chi connectivity index (χ2n) is 3.60. The molecule has 1 aromatic heterocycles. The van der Waals surface area contributed by atoms with Crippen LogP contribution in [0.15, 0.2) is 0 Å². The van der Waals surface area contributed by atoms with E-state index in [1.165, 1.54) is 4.57 Å². The molecule has 2 bridgehead atoms. The van der Waals surface area contributed by atoms with Crippen molar-refractivity contribution in [3.05, 3.63) is 11.6 Å². The molecule has 0 aliphatic carbocycles. The van der Waals surface area contributed by atoms with Crippen LogP contribution in [-0.2, 0) is 6.18 Å². The molecule has 1 N–H and O–H groups in total. The van der Waals surface area contributed by atoms with Crippen LogP contribution >= 0.6 is 0 Å². The highest BCUT2D eigenvalue weighted by atomic mass is 19.4. The fraction of sp³-hybridized carbons (Fsp3) is 0.714. The molecule has 0 radical (unpaired) electrons. The first-order chi connectivity index (χ1) is 6.57. The number of nitrogens with zero attached hydrogens (tertiary/aromatic N) is 3. The van der Waals surface area contributed by atoms with Gasteiger partial charge in [0.1, 0.15) is 0 Å². The predicted molar refractivity (Wildman–Crippen MR) is 39.4 cm³/mol. The summed E-state index contributed by atoms with van der Waals surface area (Å²) in [6.45, 7) is 0.582. The average molecular weight is 204 g/mol. The number of rotatable bonds is 0. The van der Waals surface area contributed by atoms with Crippen molar-refractivity contribution in [1.82, 2.24) is 20.1 Å². The van der Waals surface area contributed by atoms with E-state index in [0.717, 1.165) is 0 Å². The maximum atomic E-state index is 12.5. The van der Waals surface area contributed by atoms with Gasteiger partial charge in [0.25, 0.3) is 0 Å². The molecule has 3 heterocycles. The third-order valence-electron chi connectivity index (χ3n) is 2.76. The third kappa shape index (κ3) is 0.875. The number of nitrogens with one attached hydrogen (secondary N) is 1. The zero-order chi connectivity index (χ0) is 9.92. The molecular formula is C7H7F3N4. The lowest BCUT2D eigenvalue weighted by atomic mass is 10.2. The number of halogens is 3. The van der Waals surface area contributed by atoms with Gasteiger partial charge in [0.2, 0.25) is 5.82 Å². The predicted octanol–water partition coefficient (Wildman–Crippen LogP) is 0.886. The number of hydrogen-bond acceptors (Lipinski definition) is 3. The lowest BCUT2D eigenvalue weighted by Crippen LogP contribution is -2.26. The summed E-state index contributed by atoms with van der Waals surface area (Å²) < 4.78 is 38.6. The minimum absolute atomic E-state index is 0.0383. The van der Waals surface area contributed by atoms with Crippen molar-refractivity contribution in [2.24, 2.45) is 0 Å². The number of aromatic nitrogens is 3. The Balaban J connectivity index is 2.15. The molecule has 2 atom stereocenters. The van der Waals surface area contributed by atoms with E-state index in [1.807, 2.05) is 0 Å². The fourth-order valence-electron chi connectivity index (χ4n) is 2.20. The van der Waals surface area contributed by atoms with Gasteiger partial charge < -0.3 is 9.88 Å². The second kappa shape index (κ2) is 2.28. The van der Waals surface area contributed by atoms with E-state index in [1.54, 1.807) is 0 Å². The Morgan fingerprint density at radius 1 is 1.36 bits per heavy atom. The van der Waals surface area contributed by atoms with Crippen LogP contribution in [0.25, 0.3) is 0 Å². The summed E-state index contributed by atoms with van der Waals surface area (Å²) in [4.78, 5) is 0. The second-order valence-corrected chi connectivity index (χ2v) is 3.60. The Labute approximate surface area is 77.1 Å². The minimum Gasteiger partial charge on any atom is -0.305 e. The number of hydrogen-bond donors (Lipinski definition) is 1. The van der Waals surface area contributed by atoms with Gasteiger partial charge in [-0.2, -0.15) is 13.2 Å². The normalized spacial score (nSPS) is 29.6. The van der Waals surface area contributed by atoms with Gasteiger partial charge in [-0.1, -0.05) is 0 Å².